The summed E-state index contributed by atoms with van der Waals surface area (Å²) in [6.07, 6.45) is 1.07. The van der Waals surface area contributed by atoms with E-state index in [2.05, 4.69) is 52.0 Å². The van der Waals surface area contributed by atoms with Crippen LogP contribution in [0.15, 0.2) is 28.7 Å². The maximum Gasteiger partial charge on any atom is 0.0496 e. The van der Waals surface area contributed by atoms with Crippen LogP contribution in [0.1, 0.15) is 24.9 Å². The van der Waals surface area contributed by atoms with Gasteiger partial charge in [0.1, 0.15) is 0 Å². The molecule has 0 amide bonds. The van der Waals surface area contributed by atoms with E-state index in [-0.39, 0.29) is 18.7 Å². The molecule has 100 valence electrons. The van der Waals surface area contributed by atoms with Crippen LogP contribution in [0.3, 0.4) is 0 Å². The molecule has 1 fully saturated rings. The molecule has 1 saturated heterocycles. The molecule has 3 N–H and O–H groups in total. The Morgan fingerprint density at radius 1 is 1.44 bits per heavy atom. The van der Waals surface area contributed by atoms with E-state index in [1.54, 1.807) is 0 Å². The van der Waals surface area contributed by atoms with Crippen LogP contribution in [0.2, 0.25) is 0 Å². The van der Waals surface area contributed by atoms with Gasteiger partial charge in [-0.15, -0.1) is 0 Å². The van der Waals surface area contributed by atoms with Gasteiger partial charge in [-0.2, -0.15) is 0 Å². The van der Waals surface area contributed by atoms with Crippen LogP contribution in [0.25, 0.3) is 0 Å². The summed E-state index contributed by atoms with van der Waals surface area (Å²) < 4.78 is 1.09. The Bertz CT molecular complexity index is 380. The fourth-order valence-electron chi connectivity index (χ4n) is 2.77. The maximum absolute atomic E-state index is 9.25. The normalized spacial score (nSPS) is 24.1. The second kappa shape index (κ2) is 6.15. The Balaban J connectivity index is 2.16. The van der Waals surface area contributed by atoms with Gasteiger partial charge < -0.3 is 10.8 Å². The molecule has 2 rings (SSSR count). The van der Waals surface area contributed by atoms with Crippen molar-refractivity contribution in [2.75, 3.05) is 19.7 Å². The zero-order chi connectivity index (χ0) is 13.1. The first-order chi connectivity index (χ1) is 8.61. The number of halogens is 1. The Labute approximate surface area is 117 Å². The minimum atomic E-state index is 0.0867. The Hall–Kier alpha value is -0.420. The minimum Gasteiger partial charge on any atom is -0.396 e. The van der Waals surface area contributed by atoms with E-state index in [1.165, 1.54) is 5.56 Å². The number of nitrogens with zero attached hydrogens (tertiary/aromatic N) is 1. The number of aliphatic hydroxyl groups excluding tert-OH is 1. The molecule has 1 aliphatic rings. The van der Waals surface area contributed by atoms with E-state index in [4.69, 9.17) is 5.73 Å². The second-order valence-corrected chi connectivity index (χ2v) is 6.10. The van der Waals surface area contributed by atoms with Gasteiger partial charge in [0, 0.05) is 29.7 Å². The van der Waals surface area contributed by atoms with Crippen molar-refractivity contribution in [1.82, 2.24) is 4.90 Å². The van der Waals surface area contributed by atoms with Gasteiger partial charge in [0.2, 0.25) is 0 Å². The lowest BCUT2D eigenvalue weighted by molar-refractivity contribution is 0.185. The molecule has 0 saturated carbocycles. The molecule has 4 heteroatoms. The van der Waals surface area contributed by atoms with Crippen molar-refractivity contribution in [1.29, 1.82) is 0 Å². The molecule has 1 aromatic carbocycles. The van der Waals surface area contributed by atoms with E-state index < -0.39 is 0 Å². The van der Waals surface area contributed by atoms with Gasteiger partial charge >= 0.3 is 0 Å². The summed E-state index contributed by atoms with van der Waals surface area (Å²) in [5.74, 6) is 0.404. The van der Waals surface area contributed by atoms with Gasteiger partial charge in [-0.3, -0.25) is 4.90 Å². The van der Waals surface area contributed by atoms with Crippen LogP contribution >= 0.6 is 15.9 Å². The summed E-state index contributed by atoms with van der Waals surface area (Å²) in [7, 11) is 0. The maximum atomic E-state index is 9.25. The highest BCUT2D eigenvalue weighted by Gasteiger charge is 2.30. The average molecular weight is 313 g/mol. The molecule has 0 radical (unpaired) electrons. The van der Waals surface area contributed by atoms with E-state index in [0.717, 1.165) is 24.0 Å². The van der Waals surface area contributed by atoms with Gasteiger partial charge in [0.15, 0.2) is 0 Å². The zero-order valence-corrected chi connectivity index (χ0v) is 12.3. The lowest BCUT2D eigenvalue weighted by atomic mass is 9.99. The van der Waals surface area contributed by atoms with E-state index in [9.17, 15) is 5.11 Å². The minimum absolute atomic E-state index is 0.0867. The monoisotopic (exact) mass is 312 g/mol. The first-order valence-electron chi connectivity index (χ1n) is 6.47. The highest BCUT2D eigenvalue weighted by molar-refractivity contribution is 9.10. The van der Waals surface area contributed by atoms with Crippen molar-refractivity contribution < 1.29 is 5.11 Å². The quantitative estimate of drug-likeness (QED) is 0.895. The molecule has 18 heavy (non-hydrogen) atoms. The third kappa shape index (κ3) is 3.12. The van der Waals surface area contributed by atoms with Crippen LogP contribution in [0, 0.1) is 5.92 Å². The van der Waals surface area contributed by atoms with E-state index >= 15 is 0 Å². The molecule has 3 nitrogen and oxygen atoms in total. The Kier molecular flexibility index (Phi) is 4.78. The largest absolute Gasteiger partial charge is 0.396 e. The van der Waals surface area contributed by atoms with Crippen molar-refractivity contribution in [3.63, 3.8) is 0 Å². The van der Waals surface area contributed by atoms with Crippen molar-refractivity contribution in [3.8, 4) is 0 Å². The summed E-state index contributed by atoms with van der Waals surface area (Å²) >= 11 is 3.46. The third-order valence-corrected chi connectivity index (χ3v) is 4.21. The molecule has 0 aliphatic carbocycles. The van der Waals surface area contributed by atoms with E-state index in [1.807, 2.05) is 0 Å². The van der Waals surface area contributed by atoms with Crippen molar-refractivity contribution in [2.24, 2.45) is 11.7 Å². The smallest absolute Gasteiger partial charge is 0.0496 e. The van der Waals surface area contributed by atoms with Crippen LogP contribution in [-0.2, 0) is 0 Å². The predicted molar refractivity (Wildman–Crippen MR) is 77.3 cm³/mol. The van der Waals surface area contributed by atoms with Crippen molar-refractivity contribution in [3.05, 3.63) is 34.3 Å². The number of hydrogen-bond acceptors (Lipinski definition) is 3. The average Bonchev–Trinajstić information content (AvgIpc) is 2.80. The number of rotatable bonds is 4. The third-order valence-electron chi connectivity index (χ3n) is 3.68. The number of benzene rings is 1. The van der Waals surface area contributed by atoms with Crippen LogP contribution in [-0.4, -0.2) is 35.7 Å². The number of aliphatic hydroxyl groups is 1. The highest BCUT2D eigenvalue weighted by atomic mass is 79.9. The lowest BCUT2D eigenvalue weighted by Crippen LogP contribution is -2.38. The van der Waals surface area contributed by atoms with Gasteiger partial charge in [-0.1, -0.05) is 28.1 Å². The molecular weight excluding hydrogens is 292 g/mol. The Morgan fingerprint density at radius 2 is 2.11 bits per heavy atom. The SMILES string of the molecule is CC(N)C(c1ccc(Br)cc1)N1CCC(CO)C1. The topological polar surface area (TPSA) is 49.5 Å². The Morgan fingerprint density at radius 3 is 2.61 bits per heavy atom. The first kappa shape index (κ1) is 14.0. The molecule has 0 aromatic heterocycles. The van der Waals surface area contributed by atoms with Crippen LogP contribution < -0.4 is 5.73 Å². The van der Waals surface area contributed by atoms with Gasteiger partial charge in [0.05, 0.1) is 0 Å². The fourth-order valence-corrected chi connectivity index (χ4v) is 3.04. The van der Waals surface area contributed by atoms with E-state index in [0.29, 0.717) is 5.92 Å². The molecule has 0 bridgehead atoms. The molecule has 3 unspecified atom stereocenters. The molecule has 1 aliphatic heterocycles. The van der Waals surface area contributed by atoms with Crippen LogP contribution in [0.4, 0.5) is 0 Å². The van der Waals surface area contributed by atoms with Gasteiger partial charge in [-0.05, 0) is 43.5 Å². The summed E-state index contributed by atoms with van der Waals surface area (Å²) in [5, 5.41) is 9.25. The number of hydrogen-bond donors (Lipinski definition) is 2. The second-order valence-electron chi connectivity index (χ2n) is 5.19. The summed E-state index contributed by atoms with van der Waals surface area (Å²) in [6, 6.07) is 8.71. The number of nitrogens with two attached hydrogens (primary N) is 1. The molecular formula is C14H21BrN2O. The summed E-state index contributed by atoms with van der Waals surface area (Å²) in [5.41, 5.74) is 7.41. The summed E-state index contributed by atoms with van der Waals surface area (Å²) in [6.45, 7) is 4.30. The van der Waals surface area contributed by atoms with Crippen molar-refractivity contribution in [2.45, 2.75) is 25.4 Å². The van der Waals surface area contributed by atoms with Crippen LogP contribution in [0.5, 0.6) is 0 Å². The molecule has 1 heterocycles. The lowest BCUT2D eigenvalue weighted by Gasteiger charge is -2.31. The zero-order valence-electron chi connectivity index (χ0n) is 10.7. The number of likely N-dealkylation sites (tertiary alicyclic amines) is 1. The predicted octanol–water partition coefficient (Wildman–Crippen LogP) is 2.15. The molecule has 0 spiro atoms. The van der Waals surface area contributed by atoms with Gasteiger partial charge in [-0.25, -0.2) is 0 Å². The highest BCUT2D eigenvalue weighted by Crippen LogP contribution is 2.30. The van der Waals surface area contributed by atoms with Gasteiger partial charge in [0.25, 0.3) is 0 Å². The summed E-state index contributed by atoms with van der Waals surface area (Å²) in [4.78, 5) is 2.40. The first-order valence-corrected chi connectivity index (χ1v) is 7.27. The standard InChI is InChI=1S/C14H21BrN2O/c1-10(16)14(12-2-4-13(15)5-3-12)17-7-6-11(8-17)9-18/h2-5,10-11,14,18H,6-9,16H2,1H3. The molecule has 1 aromatic rings. The fraction of sp³-hybridized carbons (Fsp3) is 0.571. The molecule has 3 atom stereocenters. The van der Waals surface area contributed by atoms with Crippen molar-refractivity contribution >= 4 is 15.9 Å².